The molecule has 0 radical (unpaired) electrons. The van der Waals surface area contributed by atoms with Crippen LogP contribution in [-0.4, -0.2) is 21.9 Å². The minimum Gasteiger partial charge on any atom is -0.365 e. The lowest BCUT2D eigenvalue weighted by Crippen LogP contribution is -2.05. The third-order valence-electron chi connectivity index (χ3n) is 2.23. The Morgan fingerprint density at radius 3 is 3.00 bits per heavy atom. The Morgan fingerprint density at radius 2 is 2.37 bits per heavy atom. The zero-order valence-corrected chi connectivity index (χ0v) is 12.3. The van der Waals surface area contributed by atoms with Gasteiger partial charge in [-0.2, -0.15) is 0 Å². The third kappa shape index (κ3) is 3.38. The molecule has 2 N–H and O–H groups in total. The minimum absolute atomic E-state index is 0.0709. The lowest BCUT2D eigenvalue weighted by molar-refractivity contribution is -0.384. The monoisotopic (exact) mass is 343 g/mol. The molecule has 2 aromatic heterocycles. The van der Waals surface area contributed by atoms with Gasteiger partial charge in [0.2, 0.25) is 5.82 Å². The molecule has 0 unspecified atom stereocenters. The fourth-order valence-electron chi connectivity index (χ4n) is 1.38. The molecule has 9 heteroatoms. The number of anilines is 2. The van der Waals surface area contributed by atoms with Crippen molar-refractivity contribution in [3.63, 3.8) is 0 Å². The highest BCUT2D eigenvalue weighted by Gasteiger charge is 2.15. The lowest BCUT2D eigenvalue weighted by Gasteiger charge is -2.04. The summed E-state index contributed by atoms with van der Waals surface area (Å²) in [5.41, 5.74) is 0.729. The fourth-order valence-corrected chi connectivity index (χ4v) is 2.37. The number of hydrogen-bond donors (Lipinski definition) is 2. The highest BCUT2D eigenvalue weighted by molar-refractivity contribution is 9.10. The van der Waals surface area contributed by atoms with E-state index in [0.29, 0.717) is 11.0 Å². The molecule has 0 aliphatic heterocycles. The second-order valence-electron chi connectivity index (χ2n) is 3.53. The van der Waals surface area contributed by atoms with Crippen molar-refractivity contribution in [2.75, 3.05) is 17.7 Å². The van der Waals surface area contributed by atoms with Crippen LogP contribution in [0.5, 0.6) is 0 Å². The number of thiazole rings is 1. The van der Waals surface area contributed by atoms with E-state index in [0.717, 1.165) is 10.8 Å². The molecule has 0 aliphatic carbocycles. The Labute approximate surface area is 121 Å². The van der Waals surface area contributed by atoms with Crippen molar-refractivity contribution in [1.82, 2.24) is 9.97 Å². The van der Waals surface area contributed by atoms with Gasteiger partial charge in [0.1, 0.15) is 0 Å². The second kappa shape index (κ2) is 5.93. The first-order valence-electron chi connectivity index (χ1n) is 5.26. The van der Waals surface area contributed by atoms with Gasteiger partial charge in [0.05, 0.1) is 17.2 Å². The van der Waals surface area contributed by atoms with E-state index in [1.54, 1.807) is 7.05 Å². The van der Waals surface area contributed by atoms with Crippen LogP contribution in [0, 0.1) is 10.1 Å². The maximum atomic E-state index is 10.9. The summed E-state index contributed by atoms with van der Waals surface area (Å²) in [5.74, 6) is 0.229. The van der Waals surface area contributed by atoms with Crippen molar-refractivity contribution in [3.05, 3.63) is 37.9 Å². The smallest absolute Gasteiger partial charge is 0.312 e. The molecule has 0 aromatic carbocycles. The topological polar surface area (TPSA) is 93.0 Å². The molecule has 2 rings (SSSR count). The van der Waals surface area contributed by atoms with E-state index in [-0.39, 0.29) is 11.5 Å². The first-order valence-corrected chi connectivity index (χ1v) is 6.93. The number of hydrogen-bond acceptors (Lipinski definition) is 7. The Bertz CT molecular complexity index is 603. The Kier molecular flexibility index (Phi) is 4.27. The number of nitro groups is 1. The number of nitrogens with one attached hydrogen (secondary N) is 2. The zero-order chi connectivity index (χ0) is 13.8. The van der Waals surface area contributed by atoms with Gasteiger partial charge < -0.3 is 10.6 Å². The van der Waals surface area contributed by atoms with Gasteiger partial charge >= 0.3 is 5.69 Å². The summed E-state index contributed by atoms with van der Waals surface area (Å²) in [4.78, 5) is 18.7. The third-order valence-corrected chi connectivity index (χ3v) is 3.58. The van der Waals surface area contributed by atoms with Gasteiger partial charge in [0.25, 0.3) is 0 Å². The Balaban J connectivity index is 2.12. The van der Waals surface area contributed by atoms with Crippen LogP contribution in [0.25, 0.3) is 0 Å². The van der Waals surface area contributed by atoms with Crippen molar-refractivity contribution in [2.24, 2.45) is 0 Å². The van der Waals surface area contributed by atoms with E-state index in [4.69, 9.17) is 0 Å². The van der Waals surface area contributed by atoms with Gasteiger partial charge in [-0.15, -0.1) is 11.3 Å². The van der Waals surface area contributed by atoms with Crippen LogP contribution in [0.15, 0.2) is 22.1 Å². The second-order valence-corrected chi connectivity index (χ2v) is 5.30. The number of halogens is 1. The van der Waals surface area contributed by atoms with Crippen LogP contribution in [-0.2, 0) is 6.54 Å². The van der Waals surface area contributed by atoms with Gasteiger partial charge in [-0.05, 0) is 15.9 Å². The minimum atomic E-state index is -0.472. The SMILES string of the molecule is CNc1nc(CNc2ncc(Br)cc2[N+](=O)[O-])cs1. The predicted octanol–water partition coefficient (Wildman–Crippen LogP) is 2.86. The maximum absolute atomic E-state index is 10.9. The maximum Gasteiger partial charge on any atom is 0.312 e. The summed E-state index contributed by atoms with van der Waals surface area (Å²) in [7, 11) is 1.79. The van der Waals surface area contributed by atoms with Gasteiger partial charge in [-0.3, -0.25) is 10.1 Å². The molecular formula is C10H10BrN5O2S. The molecule has 0 spiro atoms. The van der Waals surface area contributed by atoms with Crippen molar-refractivity contribution in [2.45, 2.75) is 6.54 Å². The van der Waals surface area contributed by atoms with Crippen molar-refractivity contribution in [1.29, 1.82) is 0 Å². The normalized spacial score (nSPS) is 10.2. The summed E-state index contributed by atoms with van der Waals surface area (Å²) in [6.45, 7) is 0.383. The van der Waals surface area contributed by atoms with Crippen LogP contribution in [0.4, 0.5) is 16.6 Å². The summed E-state index contributed by atoms with van der Waals surface area (Å²) < 4.78 is 0.566. The quantitative estimate of drug-likeness (QED) is 0.640. The van der Waals surface area contributed by atoms with Crippen LogP contribution in [0.3, 0.4) is 0 Å². The van der Waals surface area contributed by atoms with Crippen LogP contribution < -0.4 is 10.6 Å². The average Bonchev–Trinajstić information content (AvgIpc) is 2.85. The first-order chi connectivity index (χ1) is 9.10. The molecule has 0 saturated heterocycles. The molecule has 2 heterocycles. The number of rotatable bonds is 5. The van der Waals surface area contributed by atoms with E-state index in [1.165, 1.54) is 23.6 Å². The zero-order valence-electron chi connectivity index (χ0n) is 9.88. The summed E-state index contributed by atoms with van der Waals surface area (Å²) in [5, 5.41) is 19.4. The predicted molar refractivity (Wildman–Crippen MR) is 77.6 cm³/mol. The summed E-state index contributed by atoms with van der Waals surface area (Å²) in [6, 6.07) is 1.41. The number of pyridine rings is 1. The van der Waals surface area contributed by atoms with E-state index in [2.05, 4.69) is 36.5 Å². The Hall–Kier alpha value is -1.74. The van der Waals surface area contributed by atoms with Crippen molar-refractivity contribution in [3.8, 4) is 0 Å². The van der Waals surface area contributed by atoms with Crippen molar-refractivity contribution >= 4 is 43.9 Å². The van der Waals surface area contributed by atoms with E-state index in [9.17, 15) is 10.1 Å². The lowest BCUT2D eigenvalue weighted by atomic mass is 10.4. The standard InChI is InChI=1S/C10H10BrN5O2S/c1-12-10-15-7(5-19-10)4-14-9-8(16(17)18)2-6(11)3-13-9/h2-3,5H,4H2,1H3,(H,12,15)(H,13,14). The molecular weight excluding hydrogens is 334 g/mol. The molecule has 0 bridgehead atoms. The fraction of sp³-hybridized carbons (Fsp3) is 0.200. The average molecular weight is 344 g/mol. The number of aromatic nitrogens is 2. The molecule has 7 nitrogen and oxygen atoms in total. The van der Waals surface area contributed by atoms with Crippen LogP contribution in [0.2, 0.25) is 0 Å². The van der Waals surface area contributed by atoms with Gasteiger partial charge in [0.15, 0.2) is 5.13 Å². The summed E-state index contributed by atoms with van der Waals surface area (Å²) in [6.07, 6.45) is 1.51. The van der Waals surface area contributed by atoms with Gasteiger partial charge in [0, 0.05) is 29.2 Å². The highest BCUT2D eigenvalue weighted by atomic mass is 79.9. The molecule has 0 fully saturated rings. The molecule has 2 aromatic rings. The molecule has 0 saturated carbocycles. The van der Waals surface area contributed by atoms with E-state index in [1.807, 2.05) is 5.38 Å². The highest BCUT2D eigenvalue weighted by Crippen LogP contribution is 2.26. The van der Waals surface area contributed by atoms with Gasteiger partial charge in [-0.1, -0.05) is 0 Å². The number of nitrogens with zero attached hydrogens (tertiary/aromatic N) is 3. The first kappa shape index (κ1) is 13.7. The molecule has 100 valence electrons. The van der Waals surface area contributed by atoms with Crippen LogP contribution >= 0.6 is 27.3 Å². The molecule has 0 amide bonds. The Morgan fingerprint density at radius 1 is 1.58 bits per heavy atom. The van der Waals surface area contributed by atoms with Crippen molar-refractivity contribution < 1.29 is 4.92 Å². The largest absolute Gasteiger partial charge is 0.365 e. The van der Waals surface area contributed by atoms with E-state index < -0.39 is 4.92 Å². The van der Waals surface area contributed by atoms with E-state index >= 15 is 0 Å². The summed E-state index contributed by atoms with van der Waals surface area (Å²) >= 11 is 4.63. The molecule has 0 atom stereocenters. The van der Waals surface area contributed by atoms with Gasteiger partial charge in [-0.25, -0.2) is 9.97 Å². The molecule has 19 heavy (non-hydrogen) atoms. The van der Waals surface area contributed by atoms with Crippen LogP contribution in [0.1, 0.15) is 5.69 Å². The molecule has 0 aliphatic rings.